The van der Waals surface area contributed by atoms with Crippen LogP contribution in [0, 0.1) is 0 Å². The molecule has 0 saturated carbocycles. The molecular formula is C4H6N2O. The molecule has 0 saturated heterocycles. The molecule has 0 atom stereocenters. The zero-order valence-corrected chi connectivity index (χ0v) is 3.72. The highest BCUT2D eigenvalue weighted by Crippen LogP contribution is 1.89. The van der Waals surface area contributed by atoms with Crippen LogP contribution in [0.3, 0.4) is 0 Å². The summed E-state index contributed by atoms with van der Waals surface area (Å²) in [5, 5.41) is 0. The molecule has 1 aliphatic rings. The molecule has 0 aromatic carbocycles. The average molecular weight is 98.1 g/mol. The quantitative estimate of drug-likeness (QED) is 0.442. The second kappa shape index (κ2) is 1.55. The van der Waals surface area contributed by atoms with E-state index in [9.17, 15) is 0 Å². The van der Waals surface area contributed by atoms with Crippen molar-refractivity contribution in [2.45, 2.75) is 0 Å². The first-order valence-electron chi connectivity index (χ1n) is 1.93. The van der Waals surface area contributed by atoms with Crippen molar-refractivity contribution in [2.24, 2.45) is 5.73 Å². The Bertz CT molecular complexity index is 117. The molecule has 1 heterocycles. The van der Waals surface area contributed by atoms with Crippen molar-refractivity contribution in [3.8, 4) is 0 Å². The third-order valence-corrected chi connectivity index (χ3v) is 0.622. The molecule has 0 aromatic heterocycles. The molecule has 0 radical (unpaired) electrons. The summed E-state index contributed by atoms with van der Waals surface area (Å²) in [6, 6.07) is 0. The number of hydroxylamine groups is 1. The van der Waals surface area contributed by atoms with E-state index in [1.54, 1.807) is 12.3 Å². The lowest BCUT2D eigenvalue weighted by Crippen LogP contribution is -2.10. The Morgan fingerprint density at radius 1 is 1.71 bits per heavy atom. The second-order valence-corrected chi connectivity index (χ2v) is 1.18. The molecule has 0 aromatic rings. The minimum Gasteiger partial charge on any atom is -0.397 e. The predicted molar refractivity (Wildman–Crippen MR) is 25.6 cm³/mol. The fraction of sp³-hybridized carbons (Fsp3) is 0. The van der Waals surface area contributed by atoms with Crippen molar-refractivity contribution in [1.82, 2.24) is 5.48 Å². The minimum absolute atomic E-state index is 0.672. The molecule has 0 amide bonds. The molecule has 0 bridgehead atoms. The van der Waals surface area contributed by atoms with Gasteiger partial charge in [-0.25, -0.2) is 5.48 Å². The zero-order valence-electron chi connectivity index (χ0n) is 3.72. The number of hydrogen-bond acceptors (Lipinski definition) is 3. The van der Waals surface area contributed by atoms with Crippen LogP contribution in [0.4, 0.5) is 0 Å². The Morgan fingerprint density at radius 3 is 2.86 bits per heavy atom. The molecule has 1 rings (SSSR count). The monoisotopic (exact) mass is 98.0 g/mol. The Balaban J connectivity index is 2.58. The highest BCUT2D eigenvalue weighted by molar-refractivity contribution is 5.13. The van der Waals surface area contributed by atoms with Gasteiger partial charge in [-0.05, 0) is 0 Å². The topological polar surface area (TPSA) is 47.3 Å². The highest BCUT2D eigenvalue weighted by Gasteiger charge is 1.85. The maximum atomic E-state index is 5.27. The Hall–Kier alpha value is -1.12. The zero-order chi connectivity index (χ0) is 5.11. The van der Waals surface area contributed by atoms with Gasteiger partial charge in [0.1, 0.15) is 6.26 Å². The summed E-state index contributed by atoms with van der Waals surface area (Å²) in [6.45, 7) is 0. The van der Waals surface area contributed by atoms with E-state index in [0.717, 1.165) is 0 Å². The molecule has 0 fully saturated rings. The molecule has 7 heavy (non-hydrogen) atoms. The van der Waals surface area contributed by atoms with Crippen molar-refractivity contribution in [1.29, 1.82) is 0 Å². The van der Waals surface area contributed by atoms with E-state index >= 15 is 0 Å². The molecule has 0 unspecified atom stereocenters. The minimum atomic E-state index is 0.672. The van der Waals surface area contributed by atoms with Crippen LogP contribution in [0.2, 0.25) is 0 Å². The maximum absolute atomic E-state index is 5.27. The van der Waals surface area contributed by atoms with Crippen LogP contribution < -0.4 is 11.2 Å². The van der Waals surface area contributed by atoms with Gasteiger partial charge >= 0.3 is 0 Å². The number of rotatable bonds is 0. The van der Waals surface area contributed by atoms with Crippen molar-refractivity contribution in [3.05, 3.63) is 24.2 Å². The molecule has 3 nitrogen and oxygen atoms in total. The van der Waals surface area contributed by atoms with E-state index in [0.29, 0.717) is 5.70 Å². The van der Waals surface area contributed by atoms with Gasteiger partial charge in [0.15, 0.2) is 0 Å². The maximum Gasteiger partial charge on any atom is 0.121 e. The third kappa shape index (κ3) is 0.855. The summed E-state index contributed by atoms with van der Waals surface area (Å²) in [5.41, 5.74) is 8.40. The number of hydrogen-bond donors (Lipinski definition) is 2. The van der Waals surface area contributed by atoms with Gasteiger partial charge in [-0.1, -0.05) is 0 Å². The van der Waals surface area contributed by atoms with Crippen LogP contribution >= 0.6 is 0 Å². The van der Waals surface area contributed by atoms with Crippen molar-refractivity contribution < 1.29 is 4.84 Å². The van der Waals surface area contributed by atoms with Crippen molar-refractivity contribution in [2.75, 3.05) is 0 Å². The SMILES string of the molecule is NC1=CNOC=C1. The molecule has 0 aliphatic carbocycles. The van der Waals surface area contributed by atoms with Gasteiger partial charge < -0.3 is 10.6 Å². The standard InChI is InChI=1S/C4H6N2O/c5-4-1-2-7-6-3-4/h1-3,6H,5H2. The van der Waals surface area contributed by atoms with E-state index < -0.39 is 0 Å². The third-order valence-electron chi connectivity index (χ3n) is 0.622. The van der Waals surface area contributed by atoms with E-state index in [4.69, 9.17) is 5.73 Å². The predicted octanol–water partition coefficient (Wildman–Crippen LogP) is -0.165. The lowest BCUT2D eigenvalue weighted by molar-refractivity contribution is 0.170. The van der Waals surface area contributed by atoms with Crippen molar-refractivity contribution in [3.63, 3.8) is 0 Å². The van der Waals surface area contributed by atoms with Gasteiger partial charge in [0.25, 0.3) is 0 Å². The Kier molecular flexibility index (Phi) is 0.898. The van der Waals surface area contributed by atoms with E-state index in [1.165, 1.54) is 6.26 Å². The summed E-state index contributed by atoms with van der Waals surface area (Å²) >= 11 is 0. The van der Waals surface area contributed by atoms with E-state index in [1.807, 2.05) is 0 Å². The van der Waals surface area contributed by atoms with Gasteiger partial charge in [0.05, 0.1) is 11.9 Å². The lowest BCUT2D eigenvalue weighted by Gasteiger charge is -2.02. The van der Waals surface area contributed by atoms with Crippen molar-refractivity contribution >= 4 is 0 Å². The average Bonchev–Trinajstić information content (AvgIpc) is 1.69. The fourth-order valence-corrected chi connectivity index (χ4v) is 0.302. The summed E-state index contributed by atoms with van der Waals surface area (Å²) in [7, 11) is 0. The first kappa shape index (κ1) is 4.05. The van der Waals surface area contributed by atoms with Crippen LogP contribution in [0.15, 0.2) is 24.2 Å². The van der Waals surface area contributed by atoms with Crippen LogP contribution in [0.5, 0.6) is 0 Å². The molecule has 38 valence electrons. The fourth-order valence-electron chi connectivity index (χ4n) is 0.302. The summed E-state index contributed by atoms with van der Waals surface area (Å²) in [4.78, 5) is 4.55. The first-order chi connectivity index (χ1) is 3.39. The molecular weight excluding hydrogens is 92.1 g/mol. The van der Waals surface area contributed by atoms with Crippen LogP contribution in [0.25, 0.3) is 0 Å². The van der Waals surface area contributed by atoms with Gasteiger partial charge in [-0.2, -0.15) is 0 Å². The Labute approximate surface area is 41.4 Å². The van der Waals surface area contributed by atoms with Crippen LogP contribution in [-0.2, 0) is 4.84 Å². The second-order valence-electron chi connectivity index (χ2n) is 1.18. The van der Waals surface area contributed by atoms with Gasteiger partial charge in [-0.3, -0.25) is 0 Å². The summed E-state index contributed by atoms with van der Waals surface area (Å²) in [6.07, 6.45) is 4.71. The smallest absolute Gasteiger partial charge is 0.121 e. The molecule has 3 N–H and O–H groups in total. The summed E-state index contributed by atoms with van der Waals surface area (Å²) < 4.78 is 0. The molecule has 0 spiro atoms. The van der Waals surface area contributed by atoms with E-state index in [2.05, 4.69) is 10.3 Å². The number of nitrogens with two attached hydrogens (primary N) is 1. The molecule has 1 aliphatic heterocycles. The number of nitrogens with one attached hydrogen (secondary N) is 1. The summed E-state index contributed by atoms with van der Waals surface area (Å²) in [5.74, 6) is 0. The first-order valence-corrected chi connectivity index (χ1v) is 1.93. The largest absolute Gasteiger partial charge is 0.397 e. The normalized spacial score (nSPS) is 16.9. The van der Waals surface area contributed by atoms with Gasteiger partial charge in [-0.15, -0.1) is 0 Å². The van der Waals surface area contributed by atoms with Crippen LogP contribution in [0.1, 0.15) is 0 Å². The number of allylic oxidation sites excluding steroid dienone is 1. The highest BCUT2D eigenvalue weighted by atomic mass is 16.6. The Morgan fingerprint density at radius 2 is 2.57 bits per heavy atom. The lowest BCUT2D eigenvalue weighted by atomic mass is 10.5. The molecule has 3 heteroatoms. The van der Waals surface area contributed by atoms with Gasteiger partial charge in [0, 0.05) is 6.08 Å². The van der Waals surface area contributed by atoms with Gasteiger partial charge in [0.2, 0.25) is 0 Å². The van der Waals surface area contributed by atoms with E-state index in [-0.39, 0.29) is 0 Å². The van der Waals surface area contributed by atoms with Crippen LogP contribution in [-0.4, -0.2) is 0 Å².